The van der Waals surface area contributed by atoms with E-state index < -0.39 is 0 Å². The van der Waals surface area contributed by atoms with Crippen LogP contribution in [0.3, 0.4) is 0 Å². The van der Waals surface area contributed by atoms with Crippen molar-refractivity contribution in [3.63, 3.8) is 0 Å². The summed E-state index contributed by atoms with van der Waals surface area (Å²) in [7, 11) is 0. The van der Waals surface area contributed by atoms with Gasteiger partial charge in [-0.05, 0) is 24.9 Å². The molecule has 1 heterocycles. The van der Waals surface area contributed by atoms with Crippen LogP contribution in [0.25, 0.3) is 0 Å². The highest BCUT2D eigenvalue weighted by molar-refractivity contribution is 7.98. The summed E-state index contributed by atoms with van der Waals surface area (Å²) in [4.78, 5) is 16.3. The van der Waals surface area contributed by atoms with Gasteiger partial charge in [0.15, 0.2) is 5.69 Å². The lowest BCUT2D eigenvalue weighted by Gasteiger charge is -2.05. The molecule has 0 saturated heterocycles. The van der Waals surface area contributed by atoms with Crippen LogP contribution in [-0.4, -0.2) is 29.4 Å². The Bertz CT molecular complexity index is 494. The van der Waals surface area contributed by atoms with E-state index in [1.165, 1.54) is 70.5 Å². The summed E-state index contributed by atoms with van der Waals surface area (Å²) in [6.45, 7) is 2.95. The number of amides is 1. The molecule has 0 spiro atoms. The van der Waals surface area contributed by atoms with E-state index in [1.54, 1.807) is 11.8 Å². The van der Waals surface area contributed by atoms with Crippen molar-refractivity contribution in [2.24, 2.45) is 5.73 Å². The van der Waals surface area contributed by atoms with Crippen LogP contribution in [-0.2, 0) is 0 Å². The fourth-order valence-corrected chi connectivity index (χ4v) is 3.50. The van der Waals surface area contributed by atoms with Crippen molar-refractivity contribution in [2.75, 3.05) is 18.6 Å². The Labute approximate surface area is 169 Å². The molecule has 1 atom stereocenters. The van der Waals surface area contributed by atoms with Crippen molar-refractivity contribution in [1.29, 1.82) is 0 Å². The Morgan fingerprint density at radius 2 is 1.70 bits per heavy atom. The molecule has 1 aromatic heterocycles. The van der Waals surface area contributed by atoms with Crippen molar-refractivity contribution >= 4 is 17.7 Å². The minimum atomic E-state index is -0.245. The molecule has 27 heavy (non-hydrogen) atoms. The average molecular weight is 398 g/mol. The zero-order chi connectivity index (χ0) is 19.7. The summed E-state index contributed by atoms with van der Waals surface area (Å²) in [6.07, 6.45) is 18.6. The first-order valence-corrected chi connectivity index (χ1v) is 12.1. The smallest absolute Gasteiger partial charge is 0.273 e. The van der Waals surface area contributed by atoms with E-state index in [0.717, 1.165) is 18.6 Å². The van der Waals surface area contributed by atoms with Crippen LogP contribution in [0.1, 0.15) is 106 Å². The van der Waals surface area contributed by atoms with E-state index in [2.05, 4.69) is 17.2 Å². The van der Waals surface area contributed by atoms with Gasteiger partial charge in [0, 0.05) is 6.54 Å². The Hall–Kier alpha value is -1.01. The molecule has 3 N–H and O–H groups in total. The molecular weight excluding hydrogens is 358 g/mol. The number of hydrogen-bond donors (Lipinski definition) is 2. The normalized spacial score (nSPS) is 12.3. The first-order valence-electron chi connectivity index (χ1n) is 10.7. The first-order chi connectivity index (χ1) is 13.2. The SMILES string of the molecule is CCCCCCCCCCCCCNC(=O)c1coc(C(N)CCSC)n1. The van der Waals surface area contributed by atoms with Crippen molar-refractivity contribution in [3.05, 3.63) is 17.8 Å². The van der Waals surface area contributed by atoms with Gasteiger partial charge in [0.2, 0.25) is 5.89 Å². The predicted molar refractivity (Wildman–Crippen MR) is 115 cm³/mol. The monoisotopic (exact) mass is 397 g/mol. The van der Waals surface area contributed by atoms with Crippen LogP contribution in [0.5, 0.6) is 0 Å². The van der Waals surface area contributed by atoms with Crippen LogP contribution in [0.2, 0.25) is 0 Å². The summed E-state index contributed by atoms with van der Waals surface area (Å²) in [6, 6.07) is -0.245. The third-order valence-electron chi connectivity index (χ3n) is 4.77. The maximum atomic E-state index is 12.1. The van der Waals surface area contributed by atoms with Gasteiger partial charge in [-0.2, -0.15) is 11.8 Å². The molecule has 6 heteroatoms. The molecular formula is C21H39N3O2S. The number of nitrogens with one attached hydrogen (secondary N) is 1. The minimum absolute atomic E-state index is 0.172. The molecule has 0 radical (unpaired) electrons. The highest BCUT2D eigenvalue weighted by Gasteiger charge is 2.16. The molecule has 0 fully saturated rings. The van der Waals surface area contributed by atoms with Gasteiger partial charge in [0.1, 0.15) is 6.26 Å². The molecule has 1 rings (SSSR count). The van der Waals surface area contributed by atoms with Gasteiger partial charge >= 0.3 is 0 Å². The second-order valence-electron chi connectivity index (χ2n) is 7.25. The maximum Gasteiger partial charge on any atom is 0.273 e. The van der Waals surface area contributed by atoms with Gasteiger partial charge in [0.05, 0.1) is 6.04 Å². The maximum absolute atomic E-state index is 12.1. The number of hydrogen-bond acceptors (Lipinski definition) is 5. The zero-order valence-electron chi connectivity index (χ0n) is 17.3. The quantitative estimate of drug-likeness (QED) is 0.341. The minimum Gasteiger partial charge on any atom is -0.446 e. The summed E-state index contributed by atoms with van der Waals surface area (Å²) >= 11 is 1.73. The Morgan fingerprint density at radius 1 is 1.11 bits per heavy atom. The second-order valence-corrected chi connectivity index (χ2v) is 8.24. The number of oxazole rings is 1. The fourth-order valence-electron chi connectivity index (χ4n) is 3.01. The highest BCUT2D eigenvalue weighted by atomic mass is 32.2. The zero-order valence-corrected chi connectivity index (χ0v) is 18.1. The van der Waals surface area contributed by atoms with Crippen molar-refractivity contribution in [2.45, 2.75) is 90.0 Å². The molecule has 0 bridgehead atoms. The van der Waals surface area contributed by atoms with Gasteiger partial charge in [-0.1, -0.05) is 71.1 Å². The lowest BCUT2D eigenvalue weighted by atomic mass is 10.1. The third kappa shape index (κ3) is 11.4. The Morgan fingerprint density at radius 3 is 2.30 bits per heavy atom. The van der Waals surface area contributed by atoms with E-state index in [-0.39, 0.29) is 11.9 Å². The lowest BCUT2D eigenvalue weighted by Crippen LogP contribution is -2.25. The van der Waals surface area contributed by atoms with Gasteiger partial charge in [-0.25, -0.2) is 4.98 Å². The average Bonchev–Trinajstić information content (AvgIpc) is 3.17. The van der Waals surface area contributed by atoms with Gasteiger partial charge in [0.25, 0.3) is 5.91 Å². The number of rotatable bonds is 17. The van der Waals surface area contributed by atoms with Crippen molar-refractivity contribution in [1.82, 2.24) is 10.3 Å². The summed E-state index contributed by atoms with van der Waals surface area (Å²) in [5, 5.41) is 2.92. The fraction of sp³-hybridized carbons (Fsp3) is 0.810. The van der Waals surface area contributed by atoms with Gasteiger partial charge < -0.3 is 15.5 Å². The van der Waals surface area contributed by atoms with Crippen LogP contribution >= 0.6 is 11.8 Å². The first kappa shape index (κ1) is 24.0. The van der Waals surface area contributed by atoms with E-state index in [0.29, 0.717) is 18.1 Å². The van der Waals surface area contributed by atoms with E-state index in [4.69, 9.17) is 10.2 Å². The van der Waals surface area contributed by atoms with Crippen LogP contribution < -0.4 is 11.1 Å². The third-order valence-corrected chi connectivity index (χ3v) is 5.41. The topological polar surface area (TPSA) is 81.2 Å². The largest absolute Gasteiger partial charge is 0.446 e. The molecule has 0 aliphatic heterocycles. The summed E-state index contributed by atoms with van der Waals surface area (Å²) in [5.41, 5.74) is 6.34. The second kappa shape index (κ2) is 16.0. The lowest BCUT2D eigenvalue weighted by molar-refractivity contribution is 0.0948. The molecule has 1 amide bonds. The standard InChI is InChI=1S/C21H39N3O2S/c1-3-4-5-6-7-8-9-10-11-12-13-15-23-20(25)19-17-26-21(24-19)18(22)14-16-27-2/h17-18H,3-16,22H2,1-2H3,(H,23,25). The van der Waals surface area contributed by atoms with Gasteiger partial charge in [-0.15, -0.1) is 0 Å². The number of carbonyl (C=O) groups excluding carboxylic acids is 1. The van der Waals surface area contributed by atoms with E-state index >= 15 is 0 Å². The van der Waals surface area contributed by atoms with Crippen molar-refractivity contribution in [3.8, 4) is 0 Å². The Kier molecular flexibility index (Phi) is 14.2. The number of unbranched alkanes of at least 4 members (excludes halogenated alkanes) is 10. The highest BCUT2D eigenvalue weighted by Crippen LogP contribution is 2.15. The summed E-state index contributed by atoms with van der Waals surface area (Å²) in [5.74, 6) is 1.22. The number of nitrogens with zero attached hydrogens (tertiary/aromatic N) is 1. The van der Waals surface area contributed by atoms with Crippen LogP contribution in [0, 0.1) is 0 Å². The van der Waals surface area contributed by atoms with Gasteiger partial charge in [-0.3, -0.25) is 4.79 Å². The number of aromatic nitrogens is 1. The summed E-state index contributed by atoms with van der Waals surface area (Å²) < 4.78 is 5.35. The molecule has 1 unspecified atom stereocenters. The molecule has 1 aromatic rings. The van der Waals surface area contributed by atoms with Crippen LogP contribution in [0.4, 0.5) is 0 Å². The van der Waals surface area contributed by atoms with E-state index in [9.17, 15) is 4.79 Å². The molecule has 0 aliphatic carbocycles. The molecule has 0 saturated carbocycles. The molecule has 0 aliphatic rings. The number of carbonyl (C=O) groups is 1. The van der Waals surface area contributed by atoms with E-state index in [1.807, 2.05) is 6.26 Å². The number of nitrogens with two attached hydrogens (primary N) is 1. The molecule has 5 nitrogen and oxygen atoms in total. The van der Waals surface area contributed by atoms with Crippen LogP contribution in [0.15, 0.2) is 10.7 Å². The van der Waals surface area contributed by atoms with Crippen molar-refractivity contribution < 1.29 is 9.21 Å². The molecule has 0 aromatic carbocycles. The Balaban J connectivity index is 2.02. The molecule has 156 valence electrons. The predicted octanol–water partition coefficient (Wildman–Crippen LogP) is 5.47. The number of thioether (sulfide) groups is 1.